The number of rotatable bonds is 9. The van der Waals surface area contributed by atoms with E-state index in [1.54, 1.807) is 11.7 Å². The Labute approximate surface area is 209 Å². The Bertz CT molecular complexity index is 1400. The smallest absolute Gasteiger partial charge is 0.346 e. The van der Waals surface area contributed by atoms with Gasteiger partial charge in [0.1, 0.15) is 5.75 Å². The molecule has 2 aromatic carbocycles. The maximum atomic E-state index is 13.0. The summed E-state index contributed by atoms with van der Waals surface area (Å²) >= 11 is 0. The molecular weight excluding hydrogens is 482 g/mol. The lowest BCUT2D eigenvalue weighted by molar-refractivity contribution is 0.0951. The van der Waals surface area contributed by atoms with Crippen molar-refractivity contribution in [2.24, 2.45) is 0 Å². The lowest BCUT2D eigenvalue weighted by atomic mass is 10.2. The summed E-state index contributed by atoms with van der Waals surface area (Å²) < 4.78 is 35.1. The van der Waals surface area contributed by atoms with E-state index in [0.29, 0.717) is 24.5 Å². The molecular formula is C25H29N5O5S. The Balaban J connectivity index is 1.24. The number of carbonyl (C=O) groups excluding carboxylic acids is 1. The zero-order valence-corrected chi connectivity index (χ0v) is 20.9. The van der Waals surface area contributed by atoms with Gasteiger partial charge in [0.15, 0.2) is 5.82 Å². The molecule has 190 valence electrons. The fraction of sp³-hybridized carbons (Fsp3) is 0.400. The van der Waals surface area contributed by atoms with Crippen LogP contribution in [0.1, 0.15) is 42.1 Å². The SMILES string of the molecule is COc1ccc(-c2nn(CCNC(=O)c3ccc(S(=O)(=O)N4CCCC4)cc3)c(=O)n2C2CC2)cc1. The first-order chi connectivity index (χ1) is 17.4. The number of sulfonamides is 1. The van der Waals surface area contributed by atoms with Crippen molar-refractivity contribution in [2.75, 3.05) is 26.7 Å². The first kappa shape index (κ1) is 24.3. The number of ether oxygens (including phenoxy) is 1. The van der Waals surface area contributed by atoms with Gasteiger partial charge in [0.05, 0.1) is 18.6 Å². The molecule has 2 heterocycles. The van der Waals surface area contributed by atoms with Crippen LogP contribution in [0.4, 0.5) is 0 Å². The molecule has 1 saturated heterocycles. The summed E-state index contributed by atoms with van der Waals surface area (Å²) in [6.45, 7) is 1.48. The number of benzene rings is 2. The maximum absolute atomic E-state index is 13.0. The van der Waals surface area contributed by atoms with E-state index in [2.05, 4.69) is 10.4 Å². The molecule has 1 aromatic heterocycles. The highest BCUT2D eigenvalue weighted by Gasteiger charge is 2.30. The van der Waals surface area contributed by atoms with Gasteiger partial charge in [-0.3, -0.25) is 9.36 Å². The number of nitrogens with zero attached hydrogens (tertiary/aromatic N) is 4. The summed E-state index contributed by atoms with van der Waals surface area (Å²) in [5.74, 6) is 0.986. The van der Waals surface area contributed by atoms with Crippen LogP contribution < -0.4 is 15.7 Å². The van der Waals surface area contributed by atoms with Gasteiger partial charge in [-0.25, -0.2) is 17.9 Å². The van der Waals surface area contributed by atoms with Crippen molar-refractivity contribution in [3.63, 3.8) is 0 Å². The summed E-state index contributed by atoms with van der Waals surface area (Å²) in [6.07, 6.45) is 3.61. The lowest BCUT2D eigenvalue weighted by Gasteiger charge is -2.15. The van der Waals surface area contributed by atoms with Crippen LogP contribution in [0.5, 0.6) is 5.75 Å². The molecule has 36 heavy (non-hydrogen) atoms. The Morgan fingerprint density at radius 3 is 2.33 bits per heavy atom. The fourth-order valence-electron chi connectivity index (χ4n) is 4.40. The molecule has 0 radical (unpaired) electrons. The van der Waals surface area contributed by atoms with Crippen molar-refractivity contribution in [2.45, 2.75) is 43.2 Å². The van der Waals surface area contributed by atoms with Crippen molar-refractivity contribution in [1.82, 2.24) is 24.0 Å². The van der Waals surface area contributed by atoms with Gasteiger partial charge in [-0.05, 0) is 74.2 Å². The quantitative estimate of drug-likeness (QED) is 0.471. The number of carbonyl (C=O) groups is 1. The average Bonchev–Trinajstić information content (AvgIpc) is 3.45. The summed E-state index contributed by atoms with van der Waals surface area (Å²) in [6, 6.07) is 13.5. The van der Waals surface area contributed by atoms with Crippen LogP contribution in [0.15, 0.2) is 58.2 Å². The van der Waals surface area contributed by atoms with E-state index in [0.717, 1.165) is 37.0 Å². The van der Waals surface area contributed by atoms with Crippen LogP contribution in [0, 0.1) is 0 Å². The molecule has 10 nitrogen and oxygen atoms in total. The molecule has 1 amide bonds. The largest absolute Gasteiger partial charge is 0.497 e. The third-order valence-corrected chi connectivity index (χ3v) is 8.47. The molecule has 0 spiro atoms. The number of nitrogens with one attached hydrogen (secondary N) is 1. The van der Waals surface area contributed by atoms with Crippen LogP contribution in [0.25, 0.3) is 11.4 Å². The van der Waals surface area contributed by atoms with Crippen LogP contribution >= 0.6 is 0 Å². The third-order valence-electron chi connectivity index (χ3n) is 6.56. The van der Waals surface area contributed by atoms with Crippen LogP contribution in [-0.2, 0) is 16.6 Å². The standard InChI is InChI=1S/C25H29N5O5S/c1-35-21-10-4-18(5-11-21)23-27-29(25(32)30(23)20-8-9-20)17-14-26-24(31)19-6-12-22(13-7-19)36(33,34)28-15-2-3-16-28/h4-7,10-13,20H,2-3,8-9,14-17H2,1H3,(H,26,31). The van der Waals surface area contributed by atoms with Gasteiger partial charge in [0.25, 0.3) is 5.91 Å². The topological polar surface area (TPSA) is 116 Å². The second kappa shape index (κ2) is 9.90. The Hall–Kier alpha value is -3.44. The number of hydrogen-bond acceptors (Lipinski definition) is 6. The average molecular weight is 512 g/mol. The minimum atomic E-state index is -3.52. The van der Waals surface area contributed by atoms with Crippen molar-refractivity contribution >= 4 is 15.9 Å². The molecule has 5 rings (SSSR count). The Kier molecular flexibility index (Phi) is 6.67. The molecule has 0 bridgehead atoms. The molecule has 1 aliphatic heterocycles. The predicted molar refractivity (Wildman–Crippen MR) is 134 cm³/mol. The van der Waals surface area contributed by atoms with E-state index in [9.17, 15) is 18.0 Å². The van der Waals surface area contributed by atoms with Crippen molar-refractivity contribution in [3.05, 3.63) is 64.6 Å². The highest BCUT2D eigenvalue weighted by molar-refractivity contribution is 7.89. The highest BCUT2D eigenvalue weighted by Crippen LogP contribution is 2.36. The van der Waals surface area contributed by atoms with Gasteiger partial charge in [0, 0.05) is 36.8 Å². The van der Waals surface area contributed by atoms with E-state index in [1.807, 2.05) is 24.3 Å². The summed E-state index contributed by atoms with van der Waals surface area (Å²) in [5.41, 5.74) is 0.978. The summed E-state index contributed by atoms with van der Waals surface area (Å²) in [5, 5.41) is 7.34. The zero-order valence-electron chi connectivity index (χ0n) is 20.1. The second-order valence-electron chi connectivity index (χ2n) is 9.05. The van der Waals surface area contributed by atoms with Gasteiger partial charge in [-0.15, -0.1) is 5.10 Å². The zero-order chi connectivity index (χ0) is 25.3. The van der Waals surface area contributed by atoms with Crippen molar-refractivity contribution in [3.8, 4) is 17.1 Å². The molecule has 0 atom stereocenters. The summed E-state index contributed by atoms with van der Waals surface area (Å²) in [7, 11) is -1.92. The molecule has 0 unspecified atom stereocenters. The molecule has 2 aliphatic rings. The van der Waals surface area contributed by atoms with E-state index >= 15 is 0 Å². The first-order valence-corrected chi connectivity index (χ1v) is 13.5. The third kappa shape index (κ3) is 4.80. The van der Waals surface area contributed by atoms with Crippen LogP contribution in [-0.4, -0.2) is 59.7 Å². The van der Waals surface area contributed by atoms with Gasteiger partial charge in [-0.1, -0.05) is 0 Å². The second-order valence-corrected chi connectivity index (χ2v) is 11.0. The number of aromatic nitrogens is 3. The molecule has 11 heteroatoms. The Morgan fingerprint density at radius 1 is 1.06 bits per heavy atom. The highest BCUT2D eigenvalue weighted by atomic mass is 32.2. The van der Waals surface area contributed by atoms with E-state index in [1.165, 1.54) is 33.3 Å². The molecule has 1 aliphatic carbocycles. The number of methoxy groups -OCH3 is 1. The Morgan fingerprint density at radius 2 is 1.72 bits per heavy atom. The number of hydrogen-bond donors (Lipinski definition) is 1. The van der Waals surface area contributed by atoms with Crippen molar-refractivity contribution < 1.29 is 17.9 Å². The molecule has 2 fully saturated rings. The first-order valence-electron chi connectivity index (χ1n) is 12.1. The van der Waals surface area contributed by atoms with E-state index in [4.69, 9.17) is 4.74 Å². The minimum absolute atomic E-state index is 0.147. The minimum Gasteiger partial charge on any atom is -0.497 e. The van der Waals surface area contributed by atoms with Crippen LogP contribution in [0.2, 0.25) is 0 Å². The van der Waals surface area contributed by atoms with Gasteiger partial charge in [-0.2, -0.15) is 4.31 Å². The molecule has 1 N–H and O–H groups in total. The van der Waals surface area contributed by atoms with Gasteiger partial charge >= 0.3 is 5.69 Å². The predicted octanol–water partition coefficient (Wildman–Crippen LogP) is 2.27. The lowest BCUT2D eigenvalue weighted by Crippen LogP contribution is -2.32. The molecule has 3 aromatic rings. The van der Waals surface area contributed by atoms with Gasteiger partial charge in [0.2, 0.25) is 10.0 Å². The summed E-state index contributed by atoms with van der Waals surface area (Å²) in [4.78, 5) is 25.8. The van der Waals surface area contributed by atoms with Gasteiger partial charge < -0.3 is 10.1 Å². The fourth-order valence-corrected chi connectivity index (χ4v) is 5.91. The number of amides is 1. The van der Waals surface area contributed by atoms with E-state index < -0.39 is 10.0 Å². The maximum Gasteiger partial charge on any atom is 0.346 e. The van der Waals surface area contributed by atoms with E-state index in [-0.39, 0.29) is 35.6 Å². The monoisotopic (exact) mass is 511 g/mol. The van der Waals surface area contributed by atoms with Crippen molar-refractivity contribution in [1.29, 1.82) is 0 Å². The van der Waals surface area contributed by atoms with Crippen LogP contribution in [0.3, 0.4) is 0 Å². The normalized spacial score (nSPS) is 16.2. The molecule has 1 saturated carbocycles.